The van der Waals surface area contributed by atoms with Crippen LogP contribution in [0, 0.1) is 5.41 Å². The lowest BCUT2D eigenvalue weighted by Crippen LogP contribution is -2.26. The van der Waals surface area contributed by atoms with Crippen molar-refractivity contribution in [1.29, 1.82) is 0 Å². The Balaban J connectivity index is 2.13. The number of carboxylic acids is 1. The van der Waals surface area contributed by atoms with E-state index in [1.165, 1.54) is 0 Å². The van der Waals surface area contributed by atoms with Crippen LogP contribution in [0.1, 0.15) is 67.0 Å². The first-order chi connectivity index (χ1) is 14.9. The van der Waals surface area contributed by atoms with E-state index in [-0.39, 0.29) is 28.7 Å². The van der Waals surface area contributed by atoms with Gasteiger partial charge in [0, 0.05) is 27.7 Å². The van der Waals surface area contributed by atoms with Gasteiger partial charge in [0.25, 0.3) is 0 Å². The molecule has 169 valence electrons. The zero-order valence-electron chi connectivity index (χ0n) is 19.1. The molecule has 1 radical (unpaired) electrons. The van der Waals surface area contributed by atoms with E-state index < -0.39 is 20.9 Å². The van der Waals surface area contributed by atoms with Crippen molar-refractivity contribution in [2.24, 2.45) is 5.41 Å². The van der Waals surface area contributed by atoms with Gasteiger partial charge >= 0.3 is 5.97 Å². The van der Waals surface area contributed by atoms with Crippen LogP contribution in [0.3, 0.4) is 0 Å². The van der Waals surface area contributed by atoms with Gasteiger partial charge in [0.1, 0.15) is 5.69 Å². The zero-order valence-corrected chi connectivity index (χ0v) is 20.9. The van der Waals surface area contributed by atoms with Crippen LogP contribution in [0.15, 0.2) is 36.5 Å². The van der Waals surface area contributed by atoms with Crippen molar-refractivity contribution in [2.75, 3.05) is 0 Å². The van der Waals surface area contributed by atoms with Crippen molar-refractivity contribution in [3.63, 3.8) is 0 Å². The van der Waals surface area contributed by atoms with E-state index in [0.29, 0.717) is 21.5 Å². The molecule has 2 heterocycles. The molecule has 0 aliphatic carbocycles. The molecule has 0 saturated heterocycles. The maximum absolute atomic E-state index is 13.5. The van der Waals surface area contributed by atoms with Gasteiger partial charge in [0.2, 0.25) is 14.8 Å². The van der Waals surface area contributed by atoms with Crippen LogP contribution in [0.4, 0.5) is 0 Å². The normalized spacial score (nSPS) is 14.0. The molecule has 0 saturated carbocycles. The van der Waals surface area contributed by atoms with Crippen molar-refractivity contribution in [3.8, 4) is 0 Å². The van der Waals surface area contributed by atoms with Crippen molar-refractivity contribution in [1.82, 2.24) is 9.97 Å². The third-order valence-electron chi connectivity index (χ3n) is 5.29. The molecule has 0 aliphatic rings. The van der Waals surface area contributed by atoms with Gasteiger partial charge in [-0.25, -0.2) is 0 Å². The van der Waals surface area contributed by atoms with Crippen molar-refractivity contribution < 1.29 is 19.1 Å². The van der Waals surface area contributed by atoms with Gasteiger partial charge in [-0.15, -0.1) is 0 Å². The number of aliphatic carboxylic acids is 1. The van der Waals surface area contributed by atoms with E-state index in [4.69, 9.17) is 16.0 Å². The highest BCUT2D eigenvalue weighted by atomic mass is 35.5. The highest BCUT2D eigenvalue weighted by molar-refractivity contribution is 6.48. The number of nitrogens with one attached hydrogen (secondary N) is 1. The van der Waals surface area contributed by atoms with Crippen LogP contribution in [0.25, 0.3) is 10.9 Å². The van der Waals surface area contributed by atoms with Gasteiger partial charge in [0.05, 0.1) is 17.7 Å². The number of ketones is 1. The predicted octanol–water partition coefficient (Wildman–Crippen LogP) is 5.99. The summed E-state index contributed by atoms with van der Waals surface area (Å²) in [7, 11) is -0.985. The number of halogens is 1. The van der Waals surface area contributed by atoms with E-state index in [9.17, 15) is 14.7 Å². The number of H-pyrrole nitrogens is 1. The molecule has 32 heavy (non-hydrogen) atoms. The fourth-order valence-electron chi connectivity index (χ4n) is 3.78. The smallest absolute Gasteiger partial charge is 0.310 e. The number of benzene rings is 1. The standard InChI is InChI=1S/C24H28ClN2O4Si/c1-13(23(29)30)19-16-12-15(25)7-8-17(16)27-20(19)21(28)18-11-14(9-10-26-18)22(24(2,3)4)31-32(5)6/h7-13,22,27H,1-6H3,(H,29,30). The number of fused-ring (bicyclic) bond motifs is 1. The highest BCUT2D eigenvalue weighted by Crippen LogP contribution is 2.37. The Morgan fingerprint density at radius 1 is 1.19 bits per heavy atom. The maximum atomic E-state index is 13.5. The van der Waals surface area contributed by atoms with Crippen LogP contribution >= 0.6 is 11.6 Å². The molecular weight excluding hydrogens is 444 g/mol. The van der Waals surface area contributed by atoms with E-state index in [0.717, 1.165) is 5.56 Å². The summed E-state index contributed by atoms with van der Waals surface area (Å²) >= 11 is 6.15. The zero-order chi connectivity index (χ0) is 23.8. The average molecular weight is 472 g/mol. The number of hydrogen-bond donors (Lipinski definition) is 2. The lowest BCUT2D eigenvalue weighted by atomic mass is 9.84. The Morgan fingerprint density at radius 2 is 1.88 bits per heavy atom. The molecule has 8 heteroatoms. The minimum absolute atomic E-state index is 0.176. The second-order valence-electron chi connectivity index (χ2n) is 9.24. The Labute approximate surface area is 194 Å². The second-order valence-corrected chi connectivity index (χ2v) is 11.7. The number of aromatic nitrogens is 2. The minimum atomic E-state index is -1.02. The number of pyridine rings is 1. The van der Waals surface area contributed by atoms with Crippen molar-refractivity contribution in [2.45, 2.75) is 52.8 Å². The van der Waals surface area contributed by atoms with Crippen LogP contribution in [0.2, 0.25) is 18.1 Å². The maximum Gasteiger partial charge on any atom is 0.310 e. The van der Waals surface area contributed by atoms with Crippen LogP contribution < -0.4 is 0 Å². The van der Waals surface area contributed by atoms with E-state index in [1.54, 1.807) is 37.4 Å². The molecule has 0 aliphatic heterocycles. The lowest BCUT2D eigenvalue weighted by Gasteiger charge is -2.32. The first-order valence-corrected chi connectivity index (χ1v) is 13.2. The molecule has 2 aromatic heterocycles. The molecule has 2 N–H and O–H groups in total. The first kappa shape index (κ1) is 24.2. The molecule has 3 rings (SSSR count). The molecule has 0 fully saturated rings. The van der Waals surface area contributed by atoms with Crippen LogP contribution in [0.5, 0.6) is 0 Å². The molecule has 0 bridgehead atoms. The van der Waals surface area contributed by atoms with Gasteiger partial charge in [-0.05, 0) is 61.3 Å². The molecule has 0 spiro atoms. The molecule has 3 aromatic rings. The SMILES string of the molecule is CC(C(=O)O)c1c(C(=O)c2cc(C(O[Si](C)C)C(C)(C)C)ccn2)[nH]c2ccc(Cl)cc12. The number of nitrogens with zero attached hydrogens (tertiary/aromatic N) is 1. The Morgan fingerprint density at radius 3 is 2.47 bits per heavy atom. The van der Waals surface area contributed by atoms with Gasteiger partial charge in [-0.1, -0.05) is 32.4 Å². The third-order valence-corrected chi connectivity index (χ3v) is 6.23. The molecule has 0 amide bonds. The molecule has 6 nitrogen and oxygen atoms in total. The summed E-state index contributed by atoms with van der Waals surface area (Å²) in [4.78, 5) is 32.7. The Bertz CT molecular complexity index is 1170. The number of rotatable bonds is 7. The summed E-state index contributed by atoms with van der Waals surface area (Å²) in [6, 6.07) is 8.73. The van der Waals surface area contributed by atoms with E-state index in [1.807, 2.05) is 6.07 Å². The monoisotopic (exact) mass is 471 g/mol. The number of aromatic amines is 1. The summed E-state index contributed by atoms with van der Waals surface area (Å²) < 4.78 is 6.26. The van der Waals surface area contributed by atoms with Gasteiger partial charge < -0.3 is 14.5 Å². The van der Waals surface area contributed by atoms with Gasteiger partial charge in [-0.3, -0.25) is 14.6 Å². The summed E-state index contributed by atoms with van der Waals surface area (Å²) in [5.41, 5.74) is 2.20. The number of carboxylic acid groups (broad SMARTS) is 1. The first-order valence-electron chi connectivity index (χ1n) is 10.4. The summed E-state index contributed by atoms with van der Waals surface area (Å²) in [5.74, 6) is -2.29. The molecular formula is C24H28ClN2O4Si. The fourth-order valence-corrected chi connectivity index (χ4v) is 4.91. The third kappa shape index (κ3) is 4.95. The van der Waals surface area contributed by atoms with Gasteiger partial charge in [0.15, 0.2) is 0 Å². The summed E-state index contributed by atoms with van der Waals surface area (Å²) in [5, 5.41) is 10.7. The highest BCUT2D eigenvalue weighted by Gasteiger charge is 2.31. The Hall–Kier alpha value is -2.48. The quantitative estimate of drug-likeness (QED) is 0.326. The number of hydrogen-bond acceptors (Lipinski definition) is 4. The summed E-state index contributed by atoms with van der Waals surface area (Å²) in [6.07, 6.45) is 1.40. The second kappa shape index (κ2) is 9.17. The van der Waals surface area contributed by atoms with Crippen molar-refractivity contribution in [3.05, 3.63) is 64.1 Å². The van der Waals surface area contributed by atoms with Crippen LogP contribution in [-0.2, 0) is 9.22 Å². The fraction of sp³-hybridized carbons (Fsp3) is 0.375. The van der Waals surface area contributed by atoms with E-state index in [2.05, 4.69) is 43.8 Å². The summed E-state index contributed by atoms with van der Waals surface area (Å²) in [6.45, 7) is 12.0. The molecule has 1 aromatic carbocycles. The van der Waals surface area contributed by atoms with Crippen molar-refractivity contribution >= 4 is 43.3 Å². The number of carbonyl (C=O) groups excluding carboxylic acids is 1. The Kier molecular flexibility index (Phi) is 6.93. The van der Waals surface area contributed by atoms with Crippen LogP contribution in [-0.4, -0.2) is 35.9 Å². The van der Waals surface area contributed by atoms with Gasteiger partial charge in [-0.2, -0.15) is 0 Å². The number of carbonyl (C=O) groups is 2. The largest absolute Gasteiger partial charge is 0.481 e. The topological polar surface area (TPSA) is 92.3 Å². The lowest BCUT2D eigenvalue weighted by molar-refractivity contribution is -0.138. The van der Waals surface area contributed by atoms with E-state index >= 15 is 0 Å². The predicted molar refractivity (Wildman–Crippen MR) is 128 cm³/mol. The molecule has 2 unspecified atom stereocenters. The minimum Gasteiger partial charge on any atom is -0.481 e. The average Bonchev–Trinajstić information content (AvgIpc) is 3.08. The molecule has 2 atom stereocenters.